The first-order valence-corrected chi connectivity index (χ1v) is 6.63. The van der Waals surface area contributed by atoms with Crippen molar-refractivity contribution in [1.82, 2.24) is 0 Å². The number of rotatable bonds is 2. The molecule has 0 spiro atoms. The maximum absolute atomic E-state index is 13.2. The number of halogens is 3. The van der Waals surface area contributed by atoms with Crippen LogP contribution in [0, 0.1) is 29.3 Å². The second-order valence-electron chi connectivity index (χ2n) is 5.61. The second kappa shape index (κ2) is 5.33. The molecule has 0 saturated heterocycles. The highest BCUT2D eigenvalue weighted by molar-refractivity contribution is 5.23. The monoisotopic (exact) mass is 256 g/mol. The zero-order valence-corrected chi connectivity index (χ0v) is 10.8. The minimum absolute atomic E-state index is 0.0853. The molecule has 18 heavy (non-hydrogen) atoms. The zero-order chi connectivity index (χ0) is 13.3. The van der Waals surface area contributed by atoms with Gasteiger partial charge in [-0.1, -0.05) is 26.7 Å². The van der Waals surface area contributed by atoms with Crippen LogP contribution in [0.5, 0.6) is 0 Å². The summed E-state index contributed by atoms with van der Waals surface area (Å²) in [4.78, 5) is 0. The van der Waals surface area contributed by atoms with Crippen molar-refractivity contribution < 1.29 is 13.2 Å². The summed E-state index contributed by atoms with van der Waals surface area (Å²) >= 11 is 0. The highest BCUT2D eigenvalue weighted by atomic mass is 19.2. The van der Waals surface area contributed by atoms with Crippen molar-refractivity contribution in [3.63, 3.8) is 0 Å². The van der Waals surface area contributed by atoms with Crippen LogP contribution in [0.1, 0.15) is 51.0 Å². The summed E-state index contributed by atoms with van der Waals surface area (Å²) < 4.78 is 39.3. The first kappa shape index (κ1) is 13.4. The zero-order valence-electron chi connectivity index (χ0n) is 10.8. The fourth-order valence-electron chi connectivity index (χ4n) is 2.90. The van der Waals surface area contributed by atoms with Gasteiger partial charge in [0.2, 0.25) is 0 Å². The molecule has 3 heteroatoms. The molecule has 0 aliphatic heterocycles. The first-order valence-electron chi connectivity index (χ1n) is 6.63. The van der Waals surface area contributed by atoms with Crippen molar-refractivity contribution in [2.75, 3.05) is 0 Å². The predicted molar refractivity (Wildman–Crippen MR) is 65.9 cm³/mol. The average Bonchev–Trinajstić information content (AvgIpc) is 2.35. The van der Waals surface area contributed by atoms with Crippen molar-refractivity contribution in [2.45, 2.75) is 45.4 Å². The summed E-state index contributed by atoms with van der Waals surface area (Å²) in [6.45, 7) is 4.21. The summed E-state index contributed by atoms with van der Waals surface area (Å²) in [5.41, 5.74) is 0.575. The SMILES string of the molecule is CC1CCC(C(C)c2cc(F)c(F)c(F)c2)CC1. The Labute approximate surface area is 106 Å². The van der Waals surface area contributed by atoms with Gasteiger partial charge in [0.15, 0.2) is 17.5 Å². The van der Waals surface area contributed by atoms with Crippen LogP contribution in [0.3, 0.4) is 0 Å². The molecule has 2 rings (SSSR count). The van der Waals surface area contributed by atoms with Gasteiger partial charge in [-0.3, -0.25) is 0 Å². The minimum atomic E-state index is -1.37. The molecule has 100 valence electrons. The third-order valence-corrected chi connectivity index (χ3v) is 4.30. The largest absolute Gasteiger partial charge is 0.204 e. The molecule has 1 aliphatic rings. The summed E-state index contributed by atoms with van der Waals surface area (Å²) in [5.74, 6) is -2.26. The van der Waals surface area contributed by atoms with Crippen LogP contribution in [0.15, 0.2) is 12.1 Å². The molecule has 0 N–H and O–H groups in total. The quantitative estimate of drug-likeness (QED) is 0.651. The van der Waals surface area contributed by atoms with Gasteiger partial charge in [0.25, 0.3) is 0 Å². The van der Waals surface area contributed by atoms with Crippen molar-refractivity contribution in [3.8, 4) is 0 Å². The van der Waals surface area contributed by atoms with Gasteiger partial charge in [-0.25, -0.2) is 13.2 Å². The third-order valence-electron chi connectivity index (χ3n) is 4.30. The Morgan fingerprint density at radius 1 is 1.00 bits per heavy atom. The maximum atomic E-state index is 13.2. The predicted octanol–water partition coefficient (Wildman–Crippen LogP) is 5.03. The summed E-state index contributed by atoms with van der Waals surface area (Å²) in [6, 6.07) is 2.28. The van der Waals surface area contributed by atoms with Crippen LogP contribution < -0.4 is 0 Å². The smallest absolute Gasteiger partial charge is 0.194 e. The molecule has 1 aliphatic carbocycles. The van der Waals surface area contributed by atoms with E-state index in [9.17, 15) is 13.2 Å². The topological polar surface area (TPSA) is 0 Å². The van der Waals surface area contributed by atoms with E-state index in [1.165, 1.54) is 12.8 Å². The molecular formula is C15H19F3. The Balaban J connectivity index is 2.16. The standard InChI is InChI=1S/C15H19F3/c1-9-3-5-11(6-4-9)10(2)12-7-13(16)15(18)14(17)8-12/h7-11H,3-6H2,1-2H3. The van der Waals surface area contributed by atoms with Gasteiger partial charge in [-0.2, -0.15) is 0 Å². The Morgan fingerprint density at radius 2 is 1.50 bits per heavy atom. The Hall–Kier alpha value is -0.990. The Morgan fingerprint density at radius 3 is 2.00 bits per heavy atom. The molecule has 0 bridgehead atoms. The molecule has 1 fully saturated rings. The number of hydrogen-bond donors (Lipinski definition) is 0. The second-order valence-corrected chi connectivity index (χ2v) is 5.61. The van der Waals surface area contributed by atoms with Gasteiger partial charge in [0, 0.05) is 0 Å². The fraction of sp³-hybridized carbons (Fsp3) is 0.600. The molecule has 0 aromatic heterocycles. The minimum Gasteiger partial charge on any atom is -0.204 e. The number of hydrogen-bond acceptors (Lipinski definition) is 0. The summed E-state index contributed by atoms with van der Waals surface area (Å²) in [7, 11) is 0. The summed E-state index contributed by atoms with van der Waals surface area (Å²) in [6.07, 6.45) is 4.51. The molecule has 0 nitrogen and oxygen atoms in total. The lowest BCUT2D eigenvalue weighted by Gasteiger charge is -2.31. The van der Waals surface area contributed by atoms with Crippen molar-refractivity contribution in [3.05, 3.63) is 35.1 Å². The van der Waals surface area contributed by atoms with Crippen LogP contribution in [-0.4, -0.2) is 0 Å². The van der Waals surface area contributed by atoms with Crippen LogP contribution in [0.25, 0.3) is 0 Å². The van der Waals surface area contributed by atoms with E-state index in [0.717, 1.165) is 30.9 Å². The Kier molecular flexibility index (Phi) is 3.98. The van der Waals surface area contributed by atoms with Gasteiger partial charge in [-0.05, 0) is 48.3 Å². The van der Waals surface area contributed by atoms with E-state index in [2.05, 4.69) is 6.92 Å². The number of benzene rings is 1. The molecule has 1 atom stereocenters. The van der Waals surface area contributed by atoms with Crippen molar-refractivity contribution in [1.29, 1.82) is 0 Å². The third kappa shape index (κ3) is 2.70. The average molecular weight is 256 g/mol. The lowest BCUT2D eigenvalue weighted by Crippen LogP contribution is -2.18. The highest BCUT2D eigenvalue weighted by Gasteiger charge is 2.25. The maximum Gasteiger partial charge on any atom is 0.194 e. The van der Waals surface area contributed by atoms with Crippen LogP contribution in [0.4, 0.5) is 13.2 Å². The molecule has 0 radical (unpaired) electrons. The van der Waals surface area contributed by atoms with Crippen molar-refractivity contribution >= 4 is 0 Å². The molecular weight excluding hydrogens is 237 g/mol. The lowest BCUT2D eigenvalue weighted by molar-refractivity contribution is 0.260. The summed E-state index contributed by atoms with van der Waals surface area (Å²) in [5, 5.41) is 0. The van der Waals surface area contributed by atoms with Gasteiger partial charge in [0.1, 0.15) is 0 Å². The van der Waals surface area contributed by atoms with E-state index in [-0.39, 0.29) is 5.92 Å². The molecule has 1 unspecified atom stereocenters. The van der Waals surface area contributed by atoms with E-state index >= 15 is 0 Å². The van der Waals surface area contributed by atoms with Crippen LogP contribution in [0.2, 0.25) is 0 Å². The Bertz CT molecular complexity index is 397. The van der Waals surface area contributed by atoms with E-state index < -0.39 is 17.5 Å². The van der Waals surface area contributed by atoms with Gasteiger partial charge in [-0.15, -0.1) is 0 Å². The molecule has 1 aromatic rings. The van der Waals surface area contributed by atoms with E-state index in [0.29, 0.717) is 11.5 Å². The molecule has 0 heterocycles. The van der Waals surface area contributed by atoms with Crippen LogP contribution in [-0.2, 0) is 0 Å². The van der Waals surface area contributed by atoms with Crippen LogP contribution >= 0.6 is 0 Å². The van der Waals surface area contributed by atoms with E-state index in [1.54, 1.807) is 0 Å². The molecule has 1 aromatic carbocycles. The molecule has 0 amide bonds. The van der Waals surface area contributed by atoms with Gasteiger partial charge < -0.3 is 0 Å². The van der Waals surface area contributed by atoms with Crippen molar-refractivity contribution in [2.24, 2.45) is 11.8 Å². The van der Waals surface area contributed by atoms with Gasteiger partial charge >= 0.3 is 0 Å². The molecule has 1 saturated carbocycles. The van der Waals surface area contributed by atoms with E-state index in [4.69, 9.17) is 0 Å². The van der Waals surface area contributed by atoms with E-state index in [1.807, 2.05) is 6.92 Å². The highest BCUT2D eigenvalue weighted by Crippen LogP contribution is 2.38. The lowest BCUT2D eigenvalue weighted by atomic mass is 9.75. The first-order chi connectivity index (χ1) is 8.49. The fourth-order valence-corrected chi connectivity index (χ4v) is 2.90. The van der Waals surface area contributed by atoms with Gasteiger partial charge in [0.05, 0.1) is 0 Å². The normalized spacial score (nSPS) is 26.1.